The van der Waals surface area contributed by atoms with Crippen molar-refractivity contribution in [1.82, 2.24) is 34.4 Å². The molecule has 3 aliphatic heterocycles. The van der Waals surface area contributed by atoms with Gasteiger partial charge in [0.25, 0.3) is 0 Å². The zero-order valence-corrected chi connectivity index (χ0v) is 25.8. The Kier molecular flexibility index (Phi) is 8.46. The number of alkyl halides is 1. The van der Waals surface area contributed by atoms with Crippen molar-refractivity contribution in [2.45, 2.75) is 44.4 Å². The van der Waals surface area contributed by atoms with E-state index in [0.717, 1.165) is 0 Å². The number of methoxy groups -OCH3 is 1. The Morgan fingerprint density at radius 2 is 2.16 bits per heavy atom. The van der Waals surface area contributed by atoms with Gasteiger partial charge >= 0.3 is 13.5 Å². The number of hydrogen-bond acceptors (Lipinski definition) is 15. The van der Waals surface area contributed by atoms with Crippen LogP contribution < -0.4 is 11.1 Å². The highest BCUT2D eigenvalue weighted by molar-refractivity contribution is 8.44. The Balaban J connectivity index is 1.35. The lowest BCUT2D eigenvalue weighted by Gasteiger charge is -2.25. The van der Waals surface area contributed by atoms with E-state index in [1.807, 2.05) is 0 Å². The summed E-state index contributed by atoms with van der Waals surface area (Å²) in [6, 6.07) is 0. The number of nitrogens with zero attached hydrogens (tertiary/aromatic N) is 7. The van der Waals surface area contributed by atoms with Gasteiger partial charge in [-0.1, -0.05) is 18.8 Å². The van der Waals surface area contributed by atoms with Crippen LogP contribution in [0.15, 0.2) is 24.1 Å². The maximum absolute atomic E-state index is 15.9. The predicted molar refractivity (Wildman–Crippen MR) is 155 cm³/mol. The summed E-state index contributed by atoms with van der Waals surface area (Å²) in [6.07, 6.45) is -3.36. The molecule has 0 amide bonds. The van der Waals surface area contributed by atoms with E-state index in [-0.39, 0.29) is 44.0 Å². The molecule has 0 aromatic carbocycles. The van der Waals surface area contributed by atoms with Gasteiger partial charge < -0.3 is 39.0 Å². The second-order valence-electron chi connectivity index (χ2n) is 9.45. The van der Waals surface area contributed by atoms with Crippen LogP contribution in [0.5, 0.6) is 0 Å². The Labute approximate surface area is 253 Å². The van der Waals surface area contributed by atoms with Gasteiger partial charge in [0, 0.05) is 13.7 Å². The Morgan fingerprint density at radius 1 is 1.35 bits per heavy atom. The van der Waals surface area contributed by atoms with Gasteiger partial charge in [-0.25, -0.2) is 28.9 Å². The van der Waals surface area contributed by atoms with Crippen molar-refractivity contribution in [2.24, 2.45) is 10.7 Å². The Hall–Kier alpha value is -2.35. The largest absolute Gasteiger partial charge is 0.387 e. The molecule has 4 N–H and O–H groups in total. The number of nitrogens with two attached hydrogens (primary N) is 1. The number of fused-ring (bicyclic) bond motifs is 6. The zero-order chi connectivity index (χ0) is 30.5. The number of ether oxygens (including phenoxy) is 2. The van der Waals surface area contributed by atoms with E-state index >= 15 is 4.39 Å². The Bertz CT molecular complexity index is 1710. The molecule has 232 valence electrons. The fourth-order valence-corrected chi connectivity index (χ4v) is 7.20. The standard InChI is InChI=1S/C21H26FN9O8P2S2/c1-10-16-19(29-21(23)26-10)31(9-25-16)20-17-15(22)12(38-20)6-36-40(32,42)35-4-3-30-14(8-37-41(33,43)39-17)27-11-5-24-13(7-34-2)28-18(11)30/h5,9,12,15,17,20H,1,3-4,6-8H2,2H3,(H,32,42)(H,33,43)(H3,23,26,29)/t12-,15-,17-,20-,40?,41?/m1/s1. The predicted octanol–water partition coefficient (Wildman–Crippen LogP) is 1.83. The molecule has 1 fully saturated rings. The van der Waals surface area contributed by atoms with E-state index < -0.39 is 44.7 Å². The number of nitrogens with one attached hydrogen (secondary N) is 1. The van der Waals surface area contributed by atoms with Crippen LogP contribution in [0.2, 0.25) is 0 Å². The minimum Gasteiger partial charge on any atom is -0.377 e. The molecule has 2 bridgehead atoms. The highest BCUT2D eigenvalue weighted by Gasteiger charge is 2.51. The van der Waals surface area contributed by atoms with E-state index in [4.69, 9.17) is 45.1 Å². The van der Waals surface area contributed by atoms with Crippen molar-refractivity contribution in [3.05, 3.63) is 36.4 Å². The molecule has 2 unspecified atom stereocenters. The first kappa shape index (κ1) is 30.7. The van der Waals surface area contributed by atoms with Gasteiger partial charge in [0.05, 0.1) is 31.4 Å². The number of aromatic nitrogens is 6. The number of rotatable bonds is 3. The maximum atomic E-state index is 15.9. The molecule has 6 atom stereocenters. The van der Waals surface area contributed by atoms with E-state index in [9.17, 15) is 9.46 Å². The van der Waals surface area contributed by atoms with Crippen molar-refractivity contribution < 1.29 is 41.4 Å². The van der Waals surface area contributed by atoms with E-state index in [2.05, 4.69) is 49.1 Å². The second-order valence-corrected chi connectivity index (χ2v) is 15.2. The lowest BCUT2D eigenvalue weighted by atomic mass is 10.1. The number of thiol groups is 1. The van der Waals surface area contributed by atoms with Gasteiger partial charge in [-0.05, 0) is 11.8 Å². The van der Waals surface area contributed by atoms with Crippen molar-refractivity contribution in [3.63, 3.8) is 0 Å². The van der Waals surface area contributed by atoms with Gasteiger partial charge in [0.1, 0.15) is 42.5 Å². The molecular formula is C21H26FN9O8P2S2. The van der Waals surface area contributed by atoms with Gasteiger partial charge in [0.2, 0.25) is 0 Å². The van der Waals surface area contributed by atoms with Crippen molar-refractivity contribution in [2.75, 3.05) is 20.3 Å². The van der Waals surface area contributed by atoms with Gasteiger partial charge in [-0.2, -0.15) is 4.99 Å². The minimum absolute atomic E-state index is 0.0177. The summed E-state index contributed by atoms with van der Waals surface area (Å²) in [5, 5.41) is 2.75. The number of aliphatic imine (C=N–C) groups is 1. The van der Waals surface area contributed by atoms with Gasteiger partial charge in [-0.15, -0.1) is 0 Å². The highest BCUT2D eigenvalue weighted by atomic mass is 32.7. The fraction of sp³-hybridized carbons (Fsp3) is 0.476. The molecule has 22 heteroatoms. The molecular weight excluding hydrogens is 651 g/mol. The van der Waals surface area contributed by atoms with Crippen LogP contribution in [0, 0.1) is 0 Å². The van der Waals surface area contributed by atoms with E-state index in [1.165, 1.54) is 24.2 Å². The van der Waals surface area contributed by atoms with Crippen molar-refractivity contribution in [1.29, 1.82) is 0 Å². The molecule has 3 aliphatic rings. The molecule has 0 spiro atoms. The summed E-state index contributed by atoms with van der Waals surface area (Å²) in [7, 11) is 1.51. The highest BCUT2D eigenvalue weighted by Crippen LogP contribution is 2.58. The molecule has 6 heterocycles. The molecule has 43 heavy (non-hydrogen) atoms. The number of imidazole rings is 2. The van der Waals surface area contributed by atoms with E-state index in [1.54, 1.807) is 4.57 Å². The van der Waals surface area contributed by atoms with E-state index in [0.29, 0.717) is 28.4 Å². The number of halogens is 1. The number of guanidine groups is 1. The summed E-state index contributed by atoms with van der Waals surface area (Å²) < 4.78 is 65.6. The summed E-state index contributed by atoms with van der Waals surface area (Å²) in [5.41, 5.74) is 7.33. The van der Waals surface area contributed by atoms with Gasteiger partial charge in [-0.3, -0.25) is 13.6 Å². The Morgan fingerprint density at radius 3 is 2.95 bits per heavy atom. The SMILES string of the molecule is C=C1NC(N)=Nc2c1ncn2[C@@H]1O[C@@H]2COP(O)(=S)OCCn3c(nc4cnc(COC)nc43)COP(=O)(S)O[C@@H]1[C@@H]2F. The third-order valence-electron chi connectivity index (χ3n) is 6.57. The van der Waals surface area contributed by atoms with Crippen LogP contribution in [0.4, 0.5) is 10.2 Å². The normalized spacial score (nSPS) is 31.9. The molecule has 17 nitrogen and oxygen atoms in total. The average Bonchev–Trinajstić information content (AvgIpc) is 3.60. The topological polar surface area (TPSA) is 205 Å². The minimum atomic E-state index is -4.29. The molecule has 3 aromatic heterocycles. The lowest BCUT2D eigenvalue weighted by Crippen LogP contribution is -2.33. The summed E-state index contributed by atoms with van der Waals surface area (Å²) in [6.45, 7) is -5.11. The smallest absolute Gasteiger partial charge is 0.377 e. The molecule has 6 rings (SSSR count). The van der Waals surface area contributed by atoms with Crippen LogP contribution in [0.1, 0.15) is 23.6 Å². The van der Waals surface area contributed by atoms with Gasteiger partial charge in [0.15, 0.2) is 35.6 Å². The quantitative estimate of drug-likeness (QED) is 0.231. The molecule has 3 aromatic rings. The van der Waals surface area contributed by atoms with Crippen LogP contribution in [-0.2, 0) is 63.7 Å². The van der Waals surface area contributed by atoms with Crippen molar-refractivity contribution >= 4 is 66.2 Å². The third-order valence-corrected chi connectivity index (χ3v) is 9.78. The first-order valence-corrected chi connectivity index (χ1v) is 17.9. The molecule has 0 saturated carbocycles. The monoisotopic (exact) mass is 677 g/mol. The molecule has 0 aliphatic carbocycles. The molecule has 0 radical (unpaired) electrons. The van der Waals surface area contributed by atoms with Crippen LogP contribution in [0.25, 0.3) is 16.9 Å². The maximum Gasteiger partial charge on any atom is 0.387 e. The summed E-state index contributed by atoms with van der Waals surface area (Å²) in [5.74, 6) is 0.841. The van der Waals surface area contributed by atoms with Crippen LogP contribution >= 0.6 is 25.8 Å². The average molecular weight is 678 g/mol. The third kappa shape index (κ3) is 6.27. The first-order chi connectivity index (χ1) is 20.4. The number of hydrogen-bond donors (Lipinski definition) is 4. The van der Waals surface area contributed by atoms with Crippen LogP contribution in [0.3, 0.4) is 0 Å². The lowest BCUT2D eigenvalue weighted by molar-refractivity contribution is -0.0463. The fourth-order valence-electron chi connectivity index (χ4n) is 4.71. The zero-order valence-electron chi connectivity index (χ0n) is 22.3. The molecule has 1 saturated heterocycles. The van der Waals surface area contributed by atoms with Crippen LogP contribution in [-0.4, -0.2) is 78.6 Å². The summed E-state index contributed by atoms with van der Waals surface area (Å²) >= 11 is 9.26. The second kappa shape index (κ2) is 11.9. The first-order valence-electron chi connectivity index (χ1n) is 12.6. The van der Waals surface area contributed by atoms with Crippen molar-refractivity contribution in [3.8, 4) is 0 Å². The summed E-state index contributed by atoms with van der Waals surface area (Å²) in [4.78, 5) is 32.3.